The Hall–Kier alpha value is -0.410. The second kappa shape index (κ2) is 6.14. The lowest BCUT2D eigenvalue weighted by atomic mass is 10.2. The molecule has 1 atom stereocenters. The predicted octanol–water partition coefficient (Wildman–Crippen LogP) is 2.69. The van der Waals surface area contributed by atoms with Crippen molar-refractivity contribution < 1.29 is 0 Å². The molecule has 1 heterocycles. The van der Waals surface area contributed by atoms with Crippen LogP contribution in [-0.4, -0.2) is 28.3 Å². The third-order valence-corrected chi connectivity index (χ3v) is 2.57. The molecule has 0 radical (unpaired) electrons. The second-order valence-corrected chi connectivity index (χ2v) is 5.23. The number of hydrogen-bond acceptors (Lipinski definition) is 2. The van der Waals surface area contributed by atoms with Gasteiger partial charge in [-0.2, -0.15) is 0 Å². The van der Waals surface area contributed by atoms with Gasteiger partial charge in [-0.3, -0.25) is 4.98 Å². The predicted molar refractivity (Wildman–Crippen MR) is 63.6 cm³/mol. The third kappa shape index (κ3) is 4.72. The highest BCUT2D eigenvalue weighted by molar-refractivity contribution is 9.09. The average molecular weight is 257 g/mol. The highest BCUT2D eigenvalue weighted by Gasteiger charge is 2.01. The van der Waals surface area contributed by atoms with Crippen molar-refractivity contribution in [2.75, 3.05) is 13.6 Å². The fourth-order valence-corrected chi connectivity index (χ4v) is 1.48. The molecule has 3 heteroatoms. The molecule has 14 heavy (non-hydrogen) atoms. The summed E-state index contributed by atoms with van der Waals surface area (Å²) in [7, 11) is 2.15. The Bertz CT molecular complexity index is 249. The summed E-state index contributed by atoms with van der Waals surface area (Å²) in [6.07, 6.45) is 4.87. The van der Waals surface area contributed by atoms with Crippen molar-refractivity contribution in [3.63, 3.8) is 0 Å². The Labute approximate surface area is 94.5 Å². The van der Waals surface area contributed by atoms with E-state index in [1.54, 1.807) is 0 Å². The number of pyridine rings is 1. The minimum Gasteiger partial charge on any atom is -0.302 e. The standard InChI is InChI=1S/C11H17BrN2/c1-10(12)5-8-14(2)9-11-3-6-13-7-4-11/h3-4,6-7,10H,5,8-9H2,1-2H3. The molecule has 1 aromatic heterocycles. The van der Waals surface area contributed by atoms with Gasteiger partial charge in [-0.05, 0) is 37.7 Å². The first-order valence-electron chi connectivity index (χ1n) is 4.90. The number of halogens is 1. The van der Waals surface area contributed by atoms with Crippen LogP contribution in [0.15, 0.2) is 24.5 Å². The summed E-state index contributed by atoms with van der Waals surface area (Å²) in [5.41, 5.74) is 1.32. The average Bonchev–Trinajstić information content (AvgIpc) is 2.16. The van der Waals surface area contributed by atoms with Gasteiger partial charge in [0, 0.05) is 23.8 Å². The lowest BCUT2D eigenvalue weighted by Gasteiger charge is -2.17. The van der Waals surface area contributed by atoms with Gasteiger partial charge in [-0.15, -0.1) is 0 Å². The molecule has 0 aliphatic heterocycles. The molecule has 0 amide bonds. The van der Waals surface area contributed by atoms with E-state index in [1.165, 1.54) is 12.0 Å². The van der Waals surface area contributed by atoms with Crippen molar-refractivity contribution >= 4 is 15.9 Å². The zero-order valence-corrected chi connectivity index (χ0v) is 10.4. The van der Waals surface area contributed by atoms with Crippen molar-refractivity contribution in [3.05, 3.63) is 30.1 Å². The lowest BCUT2D eigenvalue weighted by Crippen LogP contribution is -2.20. The molecule has 0 bridgehead atoms. The van der Waals surface area contributed by atoms with Gasteiger partial charge in [-0.25, -0.2) is 0 Å². The van der Waals surface area contributed by atoms with Gasteiger partial charge in [0.25, 0.3) is 0 Å². The summed E-state index contributed by atoms with van der Waals surface area (Å²) in [6.45, 7) is 4.30. The van der Waals surface area contributed by atoms with Gasteiger partial charge in [0.15, 0.2) is 0 Å². The summed E-state index contributed by atoms with van der Waals surface area (Å²) in [6, 6.07) is 4.13. The van der Waals surface area contributed by atoms with Gasteiger partial charge in [-0.1, -0.05) is 22.9 Å². The van der Waals surface area contributed by atoms with Crippen molar-refractivity contribution in [1.29, 1.82) is 0 Å². The second-order valence-electron chi connectivity index (χ2n) is 3.66. The molecule has 0 N–H and O–H groups in total. The molecule has 0 aromatic carbocycles. The van der Waals surface area contributed by atoms with E-state index in [1.807, 2.05) is 12.4 Å². The third-order valence-electron chi connectivity index (χ3n) is 2.11. The Morgan fingerprint density at radius 3 is 2.64 bits per heavy atom. The van der Waals surface area contributed by atoms with E-state index >= 15 is 0 Å². The van der Waals surface area contributed by atoms with E-state index in [0.29, 0.717) is 4.83 Å². The van der Waals surface area contributed by atoms with Crippen LogP contribution in [0, 0.1) is 0 Å². The fraction of sp³-hybridized carbons (Fsp3) is 0.545. The highest BCUT2D eigenvalue weighted by Crippen LogP contribution is 2.06. The molecular weight excluding hydrogens is 240 g/mol. The number of alkyl halides is 1. The first kappa shape index (κ1) is 11.7. The minimum absolute atomic E-state index is 0.599. The van der Waals surface area contributed by atoms with Crippen LogP contribution in [0.3, 0.4) is 0 Å². The van der Waals surface area contributed by atoms with E-state index in [4.69, 9.17) is 0 Å². The maximum absolute atomic E-state index is 4.00. The van der Waals surface area contributed by atoms with E-state index in [-0.39, 0.29) is 0 Å². The molecule has 0 saturated carbocycles. The maximum atomic E-state index is 4.00. The first-order chi connectivity index (χ1) is 6.68. The Balaban J connectivity index is 2.30. The zero-order chi connectivity index (χ0) is 10.4. The van der Waals surface area contributed by atoms with Crippen molar-refractivity contribution in [3.8, 4) is 0 Å². The van der Waals surface area contributed by atoms with Crippen LogP contribution in [0.2, 0.25) is 0 Å². The van der Waals surface area contributed by atoms with Crippen molar-refractivity contribution in [1.82, 2.24) is 9.88 Å². The lowest BCUT2D eigenvalue weighted by molar-refractivity contribution is 0.323. The van der Waals surface area contributed by atoms with Crippen LogP contribution in [0.5, 0.6) is 0 Å². The smallest absolute Gasteiger partial charge is 0.0271 e. The number of rotatable bonds is 5. The fourth-order valence-electron chi connectivity index (χ4n) is 1.28. The van der Waals surface area contributed by atoms with Crippen LogP contribution < -0.4 is 0 Å². The monoisotopic (exact) mass is 256 g/mol. The minimum atomic E-state index is 0.599. The molecular formula is C11H17BrN2. The number of hydrogen-bond donors (Lipinski definition) is 0. The molecule has 0 spiro atoms. The normalized spacial score (nSPS) is 13.1. The van der Waals surface area contributed by atoms with Crippen LogP contribution in [0.25, 0.3) is 0 Å². The van der Waals surface area contributed by atoms with Crippen molar-refractivity contribution in [2.45, 2.75) is 24.7 Å². The SMILES string of the molecule is CC(Br)CCN(C)Cc1ccncc1. The summed E-state index contributed by atoms with van der Waals surface area (Å²) >= 11 is 3.55. The molecule has 1 rings (SSSR count). The number of aromatic nitrogens is 1. The Morgan fingerprint density at radius 1 is 1.43 bits per heavy atom. The van der Waals surface area contributed by atoms with E-state index in [0.717, 1.165) is 13.1 Å². The molecule has 0 saturated heterocycles. The maximum Gasteiger partial charge on any atom is 0.0271 e. The van der Waals surface area contributed by atoms with Gasteiger partial charge in [0.05, 0.1) is 0 Å². The summed E-state index contributed by atoms with van der Waals surface area (Å²) in [4.78, 5) is 6.93. The molecule has 1 unspecified atom stereocenters. The largest absolute Gasteiger partial charge is 0.302 e. The topological polar surface area (TPSA) is 16.1 Å². The van der Waals surface area contributed by atoms with Crippen LogP contribution >= 0.6 is 15.9 Å². The van der Waals surface area contributed by atoms with E-state index < -0.39 is 0 Å². The molecule has 0 aliphatic rings. The molecule has 0 fully saturated rings. The van der Waals surface area contributed by atoms with Crippen LogP contribution in [0.4, 0.5) is 0 Å². The Morgan fingerprint density at radius 2 is 2.07 bits per heavy atom. The molecule has 0 aliphatic carbocycles. The molecule has 2 nitrogen and oxygen atoms in total. The van der Waals surface area contributed by atoms with E-state index in [9.17, 15) is 0 Å². The summed E-state index contributed by atoms with van der Waals surface area (Å²) in [5.74, 6) is 0. The van der Waals surface area contributed by atoms with Gasteiger partial charge in [0.2, 0.25) is 0 Å². The van der Waals surface area contributed by atoms with Gasteiger partial charge >= 0.3 is 0 Å². The molecule has 78 valence electrons. The van der Waals surface area contributed by atoms with Crippen molar-refractivity contribution in [2.24, 2.45) is 0 Å². The summed E-state index contributed by atoms with van der Waals surface area (Å²) in [5, 5.41) is 0. The number of nitrogens with zero attached hydrogens (tertiary/aromatic N) is 2. The van der Waals surface area contributed by atoms with Crippen LogP contribution in [-0.2, 0) is 6.54 Å². The zero-order valence-electron chi connectivity index (χ0n) is 8.78. The first-order valence-corrected chi connectivity index (χ1v) is 5.81. The van der Waals surface area contributed by atoms with Crippen LogP contribution in [0.1, 0.15) is 18.9 Å². The Kier molecular flexibility index (Phi) is 5.12. The van der Waals surface area contributed by atoms with E-state index in [2.05, 4.69) is 51.9 Å². The quantitative estimate of drug-likeness (QED) is 0.754. The molecule has 1 aromatic rings. The highest BCUT2D eigenvalue weighted by atomic mass is 79.9. The summed E-state index contributed by atoms with van der Waals surface area (Å²) < 4.78 is 0. The van der Waals surface area contributed by atoms with Gasteiger partial charge < -0.3 is 4.90 Å². The van der Waals surface area contributed by atoms with Gasteiger partial charge in [0.1, 0.15) is 0 Å².